The Labute approximate surface area is 201 Å². The molecule has 2 amide bonds. The fourth-order valence-corrected chi connectivity index (χ4v) is 6.00. The Morgan fingerprint density at radius 3 is 2.62 bits per heavy atom. The van der Waals surface area contributed by atoms with Gasteiger partial charge >= 0.3 is 6.09 Å². The third-order valence-corrected chi connectivity index (χ3v) is 7.76. The topological polar surface area (TPSA) is 108 Å². The Bertz CT molecular complexity index is 966. The molecule has 1 aromatic carbocycles. The van der Waals surface area contributed by atoms with E-state index in [1.165, 1.54) is 4.90 Å². The maximum absolute atomic E-state index is 13.6. The van der Waals surface area contributed by atoms with Crippen molar-refractivity contribution < 1.29 is 19.8 Å². The van der Waals surface area contributed by atoms with Crippen molar-refractivity contribution in [3.8, 4) is 6.07 Å². The Balaban J connectivity index is 1.53. The number of aliphatic hydroxyl groups is 1. The fraction of sp³-hybridized carbons (Fsp3) is 0.654. The molecule has 34 heavy (non-hydrogen) atoms. The van der Waals surface area contributed by atoms with Crippen LogP contribution in [0.1, 0.15) is 64.4 Å². The lowest BCUT2D eigenvalue weighted by Crippen LogP contribution is -2.50. The third-order valence-electron chi connectivity index (χ3n) is 7.76. The molecule has 8 heteroatoms. The summed E-state index contributed by atoms with van der Waals surface area (Å²) in [5.41, 5.74) is 1.28. The first-order chi connectivity index (χ1) is 16.2. The normalized spacial score (nSPS) is 27.3. The zero-order chi connectivity index (χ0) is 24.5. The van der Waals surface area contributed by atoms with Crippen molar-refractivity contribution >= 4 is 23.4 Å². The Morgan fingerprint density at radius 1 is 1.24 bits per heavy atom. The number of rotatable bonds is 5. The van der Waals surface area contributed by atoms with E-state index in [9.17, 15) is 25.1 Å². The van der Waals surface area contributed by atoms with E-state index < -0.39 is 11.5 Å². The van der Waals surface area contributed by atoms with Gasteiger partial charge in [0.2, 0.25) is 5.91 Å². The lowest BCUT2D eigenvalue weighted by molar-refractivity contribution is -0.139. The van der Waals surface area contributed by atoms with Crippen LogP contribution in [0.2, 0.25) is 0 Å². The second-order valence-corrected chi connectivity index (χ2v) is 10.6. The van der Waals surface area contributed by atoms with Crippen LogP contribution in [-0.4, -0.2) is 65.4 Å². The monoisotopic (exact) mass is 468 g/mol. The number of carboxylic acid groups (broad SMARTS) is 1. The molecule has 2 heterocycles. The molecule has 2 aliphatic heterocycles. The number of hydrogen-bond donors (Lipinski definition) is 2. The Morgan fingerprint density at radius 2 is 1.97 bits per heavy atom. The number of likely N-dealkylation sites (tertiary alicyclic amines) is 1. The summed E-state index contributed by atoms with van der Waals surface area (Å²) < 4.78 is 0. The quantitative estimate of drug-likeness (QED) is 0.680. The van der Waals surface area contributed by atoms with Crippen LogP contribution in [0.5, 0.6) is 0 Å². The van der Waals surface area contributed by atoms with Crippen molar-refractivity contribution in [2.24, 2.45) is 11.3 Å². The highest BCUT2D eigenvalue weighted by atomic mass is 16.4. The highest BCUT2D eigenvalue weighted by Gasteiger charge is 2.50. The largest absolute Gasteiger partial charge is 0.465 e. The van der Waals surface area contributed by atoms with E-state index in [-0.39, 0.29) is 24.0 Å². The maximum atomic E-state index is 13.6. The summed E-state index contributed by atoms with van der Waals surface area (Å²) in [4.78, 5) is 30.9. The number of nitrogens with zero attached hydrogens (tertiary/aromatic N) is 4. The molecule has 3 fully saturated rings. The summed E-state index contributed by atoms with van der Waals surface area (Å²) in [6.07, 6.45) is 4.53. The molecule has 0 unspecified atom stereocenters. The van der Waals surface area contributed by atoms with E-state index in [0.717, 1.165) is 63.7 Å². The van der Waals surface area contributed by atoms with Gasteiger partial charge in [0, 0.05) is 37.9 Å². The van der Waals surface area contributed by atoms with Gasteiger partial charge in [-0.2, -0.15) is 5.26 Å². The number of piperidine rings is 1. The number of anilines is 2. The van der Waals surface area contributed by atoms with Gasteiger partial charge in [-0.05, 0) is 69.1 Å². The van der Waals surface area contributed by atoms with Gasteiger partial charge in [0.25, 0.3) is 0 Å². The van der Waals surface area contributed by atoms with Gasteiger partial charge in [0.15, 0.2) is 0 Å². The minimum Gasteiger partial charge on any atom is -0.465 e. The summed E-state index contributed by atoms with van der Waals surface area (Å²) >= 11 is 0. The van der Waals surface area contributed by atoms with Gasteiger partial charge < -0.3 is 20.0 Å². The van der Waals surface area contributed by atoms with Crippen molar-refractivity contribution in [2.45, 2.75) is 70.9 Å². The second kappa shape index (κ2) is 9.83. The van der Waals surface area contributed by atoms with Crippen LogP contribution in [0.3, 0.4) is 0 Å². The van der Waals surface area contributed by atoms with Gasteiger partial charge in [-0.3, -0.25) is 9.69 Å². The summed E-state index contributed by atoms with van der Waals surface area (Å²) in [6, 6.07) is 7.74. The standard InChI is InChI=1S/C26H36N4O4/c1-18(2)16-30(25(33)34)21-6-9-23(19(14-21)15-27)28-12-3-10-26(17-28)11-13-29(24(26)32)20-4-7-22(31)8-5-20/h6,9,14,18,20,22,31H,3-5,7-8,10-13,16-17H2,1-2H3,(H,33,34)/t20-,22-,26-/m0/s1. The van der Waals surface area contributed by atoms with Crippen LogP contribution in [0.25, 0.3) is 0 Å². The first-order valence-corrected chi connectivity index (χ1v) is 12.5. The van der Waals surface area contributed by atoms with Gasteiger partial charge in [-0.1, -0.05) is 13.8 Å². The Hall–Kier alpha value is -2.79. The first-order valence-electron chi connectivity index (χ1n) is 12.5. The van der Waals surface area contributed by atoms with Crippen LogP contribution in [0.15, 0.2) is 18.2 Å². The molecule has 1 aromatic rings. The summed E-state index contributed by atoms with van der Waals surface area (Å²) in [7, 11) is 0. The molecule has 2 saturated heterocycles. The molecule has 0 radical (unpaired) electrons. The SMILES string of the molecule is CC(C)CN(C(=O)O)c1ccc(N2CCC[C@]3(CCN([C@H]4CC[C@H](O)CC4)C3=O)C2)c(C#N)c1. The molecular weight excluding hydrogens is 432 g/mol. The van der Waals surface area contributed by atoms with Crippen LogP contribution < -0.4 is 9.80 Å². The van der Waals surface area contributed by atoms with Gasteiger partial charge in [-0.25, -0.2) is 4.79 Å². The number of benzene rings is 1. The van der Waals surface area contributed by atoms with Crippen molar-refractivity contribution in [2.75, 3.05) is 36.0 Å². The second-order valence-electron chi connectivity index (χ2n) is 10.6. The fourth-order valence-electron chi connectivity index (χ4n) is 6.00. The first kappa shape index (κ1) is 24.3. The number of aliphatic hydroxyl groups excluding tert-OH is 1. The van der Waals surface area contributed by atoms with Crippen molar-refractivity contribution in [1.82, 2.24) is 4.90 Å². The highest BCUT2D eigenvalue weighted by molar-refractivity contribution is 5.88. The predicted molar refractivity (Wildman–Crippen MR) is 130 cm³/mol. The summed E-state index contributed by atoms with van der Waals surface area (Å²) in [5.74, 6) is 0.384. The minimum absolute atomic E-state index is 0.159. The van der Waals surface area contributed by atoms with E-state index in [2.05, 4.69) is 15.9 Å². The third kappa shape index (κ3) is 4.72. The molecule has 184 valence electrons. The average molecular weight is 469 g/mol. The van der Waals surface area contributed by atoms with E-state index in [4.69, 9.17) is 0 Å². The zero-order valence-electron chi connectivity index (χ0n) is 20.2. The molecule has 1 spiro atoms. The smallest absolute Gasteiger partial charge is 0.411 e. The number of nitriles is 1. The molecule has 8 nitrogen and oxygen atoms in total. The van der Waals surface area contributed by atoms with Crippen LogP contribution in [-0.2, 0) is 4.79 Å². The van der Waals surface area contributed by atoms with Crippen molar-refractivity contribution in [3.05, 3.63) is 23.8 Å². The van der Waals surface area contributed by atoms with Crippen molar-refractivity contribution in [3.63, 3.8) is 0 Å². The molecule has 0 aromatic heterocycles. The number of carbonyl (C=O) groups is 2. The number of amides is 2. The van der Waals surface area contributed by atoms with Gasteiger partial charge in [0.1, 0.15) is 6.07 Å². The molecule has 4 rings (SSSR count). The molecule has 2 N–H and O–H groups in total. The van der Waals surface area contributed by atoms with Gasteiger partial charge in [0.05, 0.1) is 22.8 Å². The van der Waals surface area contributed by atoms with Gasteiger partial charge in [-0.15, -0.1) is 0 Å². The molecular formula is C26H36N4O4. The molecule has 1 saturated carbocycles. The molecule has 1 aliphatic carbocycles. The van der Waals surface area contributed by atoms with E-state index in [1.54, 1.807) is 12.1 Å². The summed E-state index contributed by atoms with van der Waals surface area (Å²) in [5, 5.41) is 29.4. The lowest BCUT2D eigenvalue weighted by atomic mass is 9.78. The van der Waals surface area contributed by atoms with Crippen molar-refractivity contribution in [1.29, 1.82) is 5.26 Å². The maximum Gasteiger partial charge on any atom is 0.411 e. The molecule has 3 aliphatic rings. The molecule has 1 atom stereocenters. The predicted octanol–water partition coefficient (Wildman–Crippen LogP) is 3.82. The molecule has 0 bridgehead atoms. The lowest BCUT2D eigenvalue weighted by Gasteiger charge is -2.41. The zero-order valence-corrected chi connectivity index (χ0v) is 20.2. The number of hydrogen-bond acceptors (Lipinski definition) is 5. The van der Waals surface area contributed by atoms with E-state index in [1.807, 2.05) is 19.9 Å². The average Bonchev–Trinajstić information content (AvgIpc) is 3.12. The summed E-state index contributed by atoms with van der Waals surface area (Å²) in [6.45, 7) is 6.39. The number of carbonyl (C=O) groups excluding carboxylic acids is 1. The van der Waals surface area contributed by atoms with Crippen LogP contribution >= 0.6 is 0 Å². The van der Waals surface area contributed by atoms with E-state index in [0.29, 0.717) is 24.3 Å². The highest BCUT2D eigenvalue weighted by Crippen LogP contribution is 2.44. The Kier molecular flexibility index (Phi) is 7.04. The van der Waals surface area contributed by atoms with Crippen LogP contribution in [0.4, 0.5) is 16.2 Å². The minimum atomic E-state index is -1.03. The van der Waals surface area contributed by atoms with E-state index >= 15 is 0 Å². The van der Waals surface area contributed by atoms with Crippen LogP contribution in [0, 0.1) is 22.7 Å².